The molecule has 0 saturated heterocycles. The average Bonchev–Trinajstić information content (AvgIpc) is 2.68. The van der Waals surface area contributed by atoms with Crippen LogP contribution in [-0.2, 0) is 19.4 Å². The molecule has 0 spiro atoms. The highest BCUT2D eigenvalue weighted by Crippen LogP contribution is 2.16. The first-order valence-corrected chi connectivity index (χ1v) is 11.2. The Balaban J connectivity index is 1.85. The van der Waals surface area contributed by atoms with Crippen molar-refractivity contribution in [1.82, 2.24) is 5.32 Å². The molecule has 29 heavy (non-hydrogen) atoms. The van der Waals surface area contributed by atoms with Crippen molar-refractivity contribution >= 4 is 27.4 Å². The molecule has 0 atom stereocenters. The maximum atomic E-state index is 12.2. The van der Waals surface area contributed by atoms with Crippen LogP contribution < -0.4 is 10.2 Å². The van der Waals surface area contributed by atoms with Crippen molar-refractivity contribution in [3.8, 4) is 0 Å². The second-order valence-corrected chi connectivity index (χ2v) is 8.60. The Hall–Kier alpha value is -2.87. The van der Waals surface area contributed by atoms with E-state index in [2.05, 4.69) is 16.3 Å². The number of ether oxygens (including phenoxy) is 1. The van der Waals surface area contributed by atoms with E-state index < -0.39 is 28.3 Å². The molecular weight excluding hydrogens is 392 g/mol. The van der Waals surface area contributed by atoms with E-state index in [1.165, 1.54) is 24.3 Å². The van der Waals surface area contributed by atoms with Gasteiger partial charge in [-0.1, -0.05) is 24.3 Å². The molecule has 2 aromatic rings. The number of aryl methyl sites for hydroxylation is 1. The van der Waals surface area contributed by atoms with Gasteiger partial charge >= 0.3 is 5.97 Å². The van der Waals surface area contributed by atoms with Crippen LogP contribution in [0.1, 0.15) is 22.8 Å². The smallest absolute Gasteiger partial charge is 0.339 e. The SMILES string of the molecule is CCN(CCNC(=O)COC(=O)c1ccccc1S(C)(=O)=O)c1cccc(C)c1. The zero-order valence-electron chi connectivity index (χ0n) is 16.8. The van der Waals surface area contributed by atoms with Gasteiger partial charge in [0.15, 0.2) is 16.4 Å². The number of nitrogens with one attached hydrogen (secondary N) is 1. The fourth-order valence-electron chi connectivity index (χ4n) is 2.84. The van der Waals surface area contributed by atoms with Crippen LogP contribution in [0.3, 0.4) is 0 Å². The lowest BCUT2D eigenvalue weighted by molar-refractivity contribution is -0.124. The maximum Gasteiger partial charge on any atom is 0.339 e. The van der Waals surface area contributed by atoms with Crippen LogP contribution in [0, 0.1) is 6.92 Å². The van der Waals surface area contributed by atoms with E-state index in [1.54, 1.807) is 0 Å². The van der Waals surface area contributed by atoms with Gasteiger partial charge in [0, 0.05) is 31.6 Å². The number of benzene rings is 2. The summed E-state index contributed by atoms with van der Waals surface area (Å²) < 4.78 is 28.5. The lowest BCUT2D eigenvalue weighted by Gasteiger charge is -2.23. The van der Waals surface area contributed by atoms with E-state index in [-0.39, 0.29) is 10.5 Å². The highest BCUT2D eigenvalue weighted by atomic mass is 32.2. The van der Waals surface area contributed by atoms with E-state index in [4.69, 9.17) is 4.74 Å². The number of carbonyl (C=O) groups is 2. The quantitative estimate of drug-likeness (QED) is 0.628. The van der Waals surface area contributed by atoms with E-state index >= 15 is 0 Å². The van der Waals surface area contributed by atoms with Gasteiger partial charge in [-0.25, -0.2) is 13.2 Å². The first kappa shape index (κ1) is 22.4. The predicted molar refractivity (Wildman–Crippen MR) is 112 cm³/mol. The van der Waals surface area contributed by atoms with Gasteiger partial charge in [0.1, 0.15) is 0 Å². The van der Waals surface area contributed by atoms with Gasteiger partial charge in [-0.05, 0) is 43.7 Å². The number of hydrogen-bond donors (Lipinski definition) is 1. The fraction of sp³-hybridized carbons (Fsp3) is 0.333. The van der Waals surface area contributed by atoms with Crippen molar-refractivity contribution in [2.24, 2.45) is 0 Å². The predicted octanol–water partition coefficient (Wildman–Crippen LogP) is 2.20. The van der Waals surface area contributed by atoms with E-state index in [1.807, 2.05) is 32.0 Å². The van der Waals surface area contributed by atoms with Gasteiger partial charge < -0.3 is 15.0 Å². The van der Waals surface area contributed by atoms with Gasteiger partial charge in [0.05, 0.1) is 10.5 Å². The highest BCUT2D eigenvalue weighted by Gasteiger charge is 2.20. The maximum absolute atomic E-state index is 12.2. The van der Waals surface area contributed by atoms with Crippen molar-refractivity contribution in [2.45, 2.75) is 18.7 Å². The van der Waals surface area contributed by atoms with E-state index in [9.17, 15) is 18.0 Å². The van der Waals surface area contributed by atoms with Gasteiger partial charge in [-0.2, -0.15) is 0 Å². The molecule has 0 bridgehead atoms. The molecule has 2 aromatic carbocycles. The Morgan fingerprint density at radius 1 is 1.10 bits per heavy atom. The Morgan fingerprint density at radius 3 is 2.48 bits per heavy atom. The Labute approximate surface area is 171 Å². The third kappa shape index (κ3) is 6.60. The summed E-state index contributed by atoms with van der Waals surface area (Å²) in [5.74, 6) is -1.30. The van der Waals surface area contributed by atoms with Crippen molar-refractivity contribution in [1.29, 1.82) is 0 Å². The average molecular weight is 419 g/mol. The monoisotopic (exact) mass is 418 g/mol. The second-order valence-electron chi connectivity index (χ2n) is 6.61. The largest absolute Gasteiger partial charge is 0.452 e. The molecule has 0 saturated carbocycles. The van der Waals surface area contributed by atoms with Gasteiger partial charge in [-0.15, -0.1) is 0 Å². The first-order chi connectivity index (χ1) is 13.7. The molecule has 1 amide bonds. The molecule has 0 fully saturated rings. The molecular formula is C21H26N2O5S. The van der Waals surface area contributed by atoms with E-state index in [0.717, 1.165) is 24.1 Å². The molecule has 7 nitrogen and oxygen atoms in total. The van der Waals surface area contributed by atoms with Gasteiger partial charge in [0.2, 0.25) is 0 Å². The van der Waals surface area contributed by atoms with Crippen LogP contribution in [0.4, 0.5) is 5.69 Å². The summed E-state index contributed by atoms with van der Waals surface area (Å²) in [4.78, 5) is 26.2. The fourth-order valence-corrected chi connectivity index (χ4v) is 3.72. The van der Waals surface area contributed by atoms with E-state index in [0.29, 0.717) is 13.1 Å². The van der Waals surface area contributed by atoms with Gasteiger partial charge in [0.25, 0.3) is 5.91 Å². The number of carbonyl (C=O) groups excluding carboxylic acids is 2. The topological polar surface area (TPSA) is 92.8 Å². The summed E-state index contributed by atoms with van der Waals surface area (Å²) in [6.45, 7) is 5.36. The highest BCUT2D eigenvalue weighted by molar-refractivity contribution is 7.90. The standard InChI is InChI=1S/C21H26N2O5S/c1-4-23(17-9-7-8-16(2)14-17)13-12-22-20(24)15-28-21(25)18-10-5-6-11-19(18)29(3,26)27/h5-11,14H,4,12-13,15H2,1-3H3,(H,22,24). The summed E-state index contributed by atoms with van der Waals surface area (Å²) in [7, 11) is -3.58. The number of esters is 1. The van der Waals surface area contributed by atoms with Crippen LogP contribution in [-0.4, -0.2) is 52.8 Å². The molecule has 0 radical (unpaired) electrons. The van der Waals surface area contributed by atoms with Crippen molar-refractivity contribution < 1.29 is 22.7 Å². The Bertz CT molecular complexity index is 973. The summed E-state index contributed by atoms with van der Waals surface area (Å²) >= 11 is 0. The van der Waals surface area contributed by atoms with Crippen molar-refractivity contribution in [3.63, 3.8) is 0 Å². The molecule has 0 heterocycles. The zero-order chi connectivity index (χ0) is 21.4. The number of likely N-dealkylation sites (N-methyl/N-ethyl adjacent to an activating group) is 1. The van der Waals surface area contributed by atoms with Gasteiger partial charge in [-0.3, -0.25) is 4.79 Å². The minimum atomic E-state index is -3.58. The number of amides is 1. The number of nitrogens with zero attached hydrogens (tertiary/aromatic N) is 1. The second kappa shape index (κ2) is 10.1. The Morgan fingerprint density at radius 2 is 1.83 bits per heavy atom. The zero-order valence-corrected chi connectivity index (χ0v) is 17.7. The lowest BCUT2D eigenvalue weighted by atomic mass is 10.2. The van der Waals surface area contributed by atoms with Crippen LogP contribution in [0.2, 0.25) is 0 Å². The minimum absolute atomic E-state index is 0.0839. The number of anilines is 1. The van der Waals surface area contributed by atoms with Crippen LogP contribution in [0.15, 0.2) is 53.4 Å². The minimum Gasteiger partial charge on any atom is -0.452 e. The Kier molecular flexibility index (Phi) is 7.78. The normalized spacial score (nSPS) is 11.0. The molecule has 8 heteroatoms. The molecule has 0 aromatic heterocycles. The van der Waals surface area contributed by atoms with Crippen LogP contribution in [0.25, 0.3) is 0 Å². The number of rotatable bonds is 9. The molecule has 2 rings (SSSR count). The third-order valence-corrected chi connectivity index (χ3v) is 5.45. The van der Waals surface area contributed by atoms with Crippen LogP contribution in [0.5, 0.6) is 0 Å². The summed E-state index contributed by atoms with van der Waals surface area (Å²) in [6, 6.07) is 13.8. The van der Waals surface area contributed by atoms with Crippen LogP contribution >= 0.6 is 0 Å². The summed E-state index contributed by atoms with van der Waals surface area (Å²) in [6.07, 6.45) is 1.01. The van der Waals surface area contributed by atoms with Crippen molar-refractivity contribution in [3.05, 3.63) is 59.7 Å². The molecule has 0 unspecified atom stereocenters. The lowest BCUT2D eigenvalue weighted by Crippen LogP contribution is -2.37. The van der Waals surface area contributed by atoms with Crippen molar-refractivity contribution in [2.75, 3.05) is 37.4 Å². The first-order valence-electron chi connectivity index (χ1n) is 9.27. The third-order valence-electron chi connectivity index (χ3n) is 4.29. The summed E-state index contributed by atoms with van der Waals surface area (Å²) in [5.41, 5.74) is 2.15. The molecule has 1 N–H and O–H groups in total. The molecule has 0 aliphatic rings. The molecule has 0 aliphatic heterocycles. The number of hydrogen-bond acceptors (Lipinski definition) is 6. The number of sulfone groups is 1. The molecule has 0 aliphatic carbocycles. The summed E-state index contributed by atoms with van der Waals surface area (Å²) in [5, 5.41) is 2.71. The molecule has 156 valence electrons.